The molecule has 0 aliphatic heterocycles. The lowest BCUT2D eigenvalue weighted by molar-refractivity contribution is 0.287. The summed E-state index contributed by atoms with van der Waals surface area (Å²) in [5, 5.41) is 0. The maximum absolute atomic E-state index is 14.4. The molecule has 0 amide bonds. The van der Waals surface area contributed by atoms with E-state index in [4.69, 9.17) is 9.15 Å². The van der Waals surface area contributed by atoms with Gasteiger partial charge in [-0.15, -0.1) is 0 Å². The summed E-state index contributed by atoms with van der Waals surface area (Å²) in [5.74, 6) is -0.286. The molecule has 28 heavy (non-hydrogen) atoms. The second kappa shape index (κ2) is 9.49. The number of aryl methyl sites for hydroxylation is 2. The van der Waals surface area contributed by atoms with Crippen LogP contribution in [0.5, 0.6) is 5.75 Å². The van der Waals surface area contributed by atoms with Gasteiger partial charge in [-0.1, -0.05) is 49.9 Å². The highest BCUT2D eigenvalue weighted by atomic mass is 19.1. The number of hydrogen-bond acceptors (Lipinski definition) is 3. The van der Waals surface area contributed by atoms with Gasteiger partial charge in [-0.25, -0.2) is 13.8 Å². The normalized spacial score (nSPS) is 11.0. The molecular weight excluding hydrogens is 360 g/mol. The summed E-state index contributed by atoms with van der Waals surface area (Å²) in [6, 6.07) is 9.23. The van der Waals surface area contributed by atoms with E-state index >= 15 is 0 Å². The van der Waals surface area contributed by atoms with Crippen molar-refractivity contribution in [1.29, 1.82) is 0 Å². The summed E-state index contributed by atoms with van der Waals surface area (Å²) in [7, 11) is 0. The van der Waals surface area contributed by atoms with Crippen LogP contribution in [0.1, 0.15) is 49.8 Å². The second-order valence-corrected chi connectivity index (χ2v) is 6.93. The third-order valence-corrected chi connectivity index (χ3v) is 4.59. The zero-order valence-corrected chi connectivity index (χ0v) is 16.3. The smallest absolute Gasteiger partial charge is 0.194 e. The molecule has 0 bridgehead atoms. The van der Waals surface area contributed by atoms with Gasteiger partial charge in [0, 0.05) is 17.5 Å². The Kier molecular flexibility index (Phi) is 6.80. The fourth-order valence-corrected chi connectivity index (χ4v) is 3.09. The van der Waals surface area contributed by atoms with E-state index < -0.39 is 11.6 Å². The molecule has 2 aromatic carbocycles. The zero-order chi connectivity index (χ0) is 19.9. The van der Waals surface area contributed by atoms with Crippen molar-refractivity contribution in [2.75, 3.05) is 0 Å². The quantitative estimate of drug-likeness (QED) is 0.388. The van der Waals surface area contributed by atoms with Crippen LogP contribution < -0.4 is 4.74 Å². The fraction of sp³-hybridized carbons (Fsp3) is 0.348. The molecule has 0 fully saturated rings. The van der Waals surface area contributed by atoms with Crippen molar-refractivity contribution in [3.8, 4) is 16.9 Å². The van der Waals surface area contributed by atoms with Crippen LogP contribution in [0, 0.1) is 18.6 Å². The van der Waals surface area contributed by atoms with Gasteiger partial charge in [-0.05, 0) is 31.5 Å². The van der Waals surface area contributed by atoms with Gasteiger partial charge >= 0.3 is 0 Å². The van der Waals surface area contributed by atoms with Gasteiger partial charge in [0.15, 0.2) is 17.5 Å². The Hall–Kier alpha value is -2.69. The Morgan fingerprint density at radius 3 is 2.68 bits per heavy atom. The van der Waals surface area contributed by atoms with Crippen molar-refractivity contribution >= 4 is 0 Å². The summed E-state index contributed by atoms with van der Waals surface area (Å²) >= 11 is 0. The Balaban J connectivity index is 1.73. The lowest BCUT2D eigenvalue weighted by atomic mass is 10.0. The topological polar surface area (TPSA) is 35.3 Å². The highest BCUT2D eigenvalue weighted by Gasteiger charge is 2.16. The molecule has 148 valence electrons. The van der Waals surface area contributed by atoms with Crippen LogP contribution in [0.2, 0.25) is 0 Å². The molecule has 3 nitrogen and oxygen atoms in total. The number of aromatic nitrogens is 1. The van der Waals surface area contributed by atoms with Gasteiger partial charge in [0.05, 0.1) is 0 Å². The molecular formula is C23H25F2NO2. The number of hydrogen-bond donors (Lipinski definition) is 0. The minimum Gasteiger partial charge on any atom is -0.483 e. The Morgan fingerprint density at radius 1 is 1.00 bits per heavy atom. The number of oxazole rings is 1. The summed E-state index contributed by atoms with van der Waals surface area (Å²) < 4.78 is 39.9. The lowest BCUT2D eigenvalue weighted by Gasteiger charge is -2.13. The van der Waals surface area contributed by atoms with Crippen LogP contribution in [0.4, 0.5) is 8.78 Å². The highest BCUT2D eigenvalue weighted by Crippen LogP contribution is 2.35. The van der Waals surface area contributed by atoms with E-state index in [-0.39, 0.29) is 12.4 Å². The van der Waals surface area contributed by atoms with Crippen LogP contribution >= 0.6 is 0 Å². The third-order valence-electron chi connectivity index (χ3n) is 4.59. The van der Waals surface area contributed by atoms with E-state index in [9.17, 15) is 8.78 Å². The number of ether oxygens (including phenoxy) is 1. The predicted octanol–water partition coefficient (Wildman–Crippen LogP) is 6.63. The molecule has 5 heteroatoms. The number of benzene rings is 2. The van der Waals surface area contributed by atoms with Gasteiger partial charge in [-0.2, -0.15) is 0 Å². The summed E-state index contributed by atoms with van der Waals surface area (Å²) in [6.45, 7) is 4.08. The number of halogens is 2. The second-order valence-electron chi connectivity index (χ2n) is 6.93. The fourth-order valence-electron chi connectivity index (χ4n) is 3.09. The van der Waals surface area contributed by atoms with Crippen LogP contribution in [0.3, 0.4) is 0 Å². The molecule has 3 aromatic rings. The van der Waals surface area contributed by atoms with Crippen molar-refractivity contribution in [2.45, 2.75) is 52.6 Å². The van der Waals surface area contributed by atoms with Crippen molar-refractivity contribution < 1.29 is 17.9 Å². The van der Waals surface area contributed by atoms with Crippen LogP contribution in [-0.4, -0.2) is 4.98 Å². The van der Waals surface area contributed by atoms with E-state index in [0.29, 0.717) is 22.7 Å². The number of nitrogens with zero attached hydrogens (tertiary/aromatic N) is 1. The maximum Gasteiger partial charge on any atom is 0.194 e. The summed E-state index contributed by atoms with van der Waals surface area (Å²) in [4.78, 5) is 4.40. The van der Waals surface area contributed by atoms with Crippen LogP contribution in [0.15, 0.2) is 47.1 Å². The van der Waals surface area contributed by atoms with Crippen molar-refractivity contribution in [2.24, 2.45) is 0 Å². The first kappa shape index (κ1) is 20.1. The Bertz CT molecular complexity index is 921. The van der Waals surface area contributed by atoms with Crippen LogP contribution in [0.25, 0.3) is 11.1 Å². The molecule has 0 N–H and O–H groups in total. The molecule has 0 atom stereocenters. The molecule has 1 heterocycles. The largest absolute Gasteiger partial charge is 0.483 e. The highest BCUT2D eigenvalue weighted by molar-refractivity contribution is 5.71. The van der Waals surface area contributed by atoms with Crippen molar-refractivity contribution in [1.82, 2.24) is 4.98 Å². The lowest BCUT2D eigenvalue weighted by Crippen LogP contribution is -2.01. The SMILES string of the molecule is CCCCCCc1nc(COc2c(F)cccc2-c2cc(C)ccc2F)co1. The summed E-state index contributed by atoms with van der Waals surface area (Å²) in [5.41, 5.74) is 2.16. The predicted molar refractivity (Wildman–Crippen MR) is 105 cm³/mol. The first-order chi connectivity index (χ1) is 13.6. The van der Waals surface area contributed by atoms with E-state index in [1.54, 1.807) is 24.3 Å². The average molecular weight is 385 g/mol. The molecule has 0 unspecified atom stereocenters. The first-order valence-electron chi connectivity index (χ1n) is 9.69. The molecule has 0 saturated carbocycles. The number of para-hydroxylation sites is 1. The first-order valence-corrected chi connectivity index (χ1v) is 9.69. The number of unbranched alkanes of at least 4 members (excludes halogenated alkanes) is 3. The standard InChI is InChI=1S/C23H25F2NO2/c1-3-4-5-6-10-22-26-17(14-27-22)15-28-23-18(8-7-9-21(23)25)19-13-16(2)11-12-20(19)24/h7-9,11-14H,3-6,10,15H2,1-2H3. The monoisotopic (exact) mass is 385 g/mol. The van der Waals surface area contributed by atoms with Gasteiger partial charge in [-0.3, -0.25) is 0 Å². The summed E-state index contributed by atoms with van der Waals surface area (Å²) in [6.07, 6.45) is 6.85. The molecule has 0 aliphatic rings. The molecule has 3 rings (SSSR count). The Labute approximate surface area is 164 Å². The van der Waals surface area contributed by atoms with Crippen molar-refractivity contribution in [3.05, 3.63) is 71.4 Å². The van der Waals surface area contributed by atoms with Crippen LogP contribution in [-0.2, 0) is 13.0 Å². The van der Waals surface area contributed by atoms with Crippen molar-refractivity contribution in [3.63, 3.8) is 0 Å². The average Bonchev–Trinajstić information content (AvgIpc) is 3.14. The molecule has 0 radical (unpaired) electrons. The third kappa shape index (κ3) is 4.97. The van der Waals surface area contributed by atoms with Gasteiger partial charge in [0.2, 0.25) is 0 Å². The van der Waals surface area contributed by atoms with E-state index in [0.717, 1.165) is 24.8 Å². The molecule has 0 spiro atoms. The van der Waals surface area contributed by atoms with Gasteiger partial charge in [0.1, 0.15) is 24.4 Å². The zero-order valence-electron chi connectivity index (χ0n) is 16.3. The van der Waals surface area contributed by atoms with E-state index in [2.05, 4.69) is 11.9 Å². The van der Waals surface area contributed by atoms with E-state index in [1.165, 1.54) is 31.2 Å². The minimum atomic E-state index is -0.540. The minimum absolute atomic E-state index is 0.0134. The van der Waals surface area contributed by atoms with Gasteiger partial charge in [0.25, 0.3) is 0 Å². The Morgan fingerprint density at radius 2 is 1.86 bits per heavy atom. The number of rotatable bonds is 9. The maximum atomic E-state index is 14.4. The van der Waals surface area contributed by atoms with E-state index in [1.807, 2.05) is 6.92 Å². The molecule has 0 saturated heterocycles. The molecule has 1 aromatic heterocycles. The van der Waals surface area contributed by atoms with Gasteiger partial charge < -0.3 is 9.15 Å². The molecule has 0 aliphatic carbocycles.